The molecule has 0 spiro atoms. The number of aliphatic hydroxyl groups excluding tert-OH is 1. The van der Waals surface area contributed by atoms with Crippen molar-refractivity contribution in [3.8, 4) is 0 Å². The van der Waals surface area contributed by atoms with E-state index < -0.39 is 97.5 Å². The van der Waals surface area contributed by atoms with Crippen LogP contribution in [-0.2, 0) is 65.4 Å². The van der Waals surface area contributed by atoms with Gasteiger partial charge < -0.3 is 33.8 Å². The lowest BCUT2D eigenvalue weighted by Gasteiger charge is -2.21. The van der Waals surface area contributed by atoms with Gasteiger partial charge in [0.15, 0.2) is 12.2 Å². The minimum absolute atomic E-state index is 0.0611. The van der Waals surface area contributed by atoms with E-state index >= 15 is 0 Å². The lowest BCUT2D eigenvalue weighted by atomic mass is 10.1. The van der Waals surface area contributed by atoms with Crippen LogP contribution in [-0.4, -0.2) is 96.7 Å². The van der Waals surface area contributed by atoms with Gasteiger partial charge in [0.1, 0.15) is 19.3 Å². The molecule has 0 aliphatic carbocycles. The van der Waals surface area contributed by atoms with Crippen molar-refractivity contribution >= 4 is 39.5 Å². The van der Waals surface area contributed by atoms with Crippen molar-refractivity contribution in [3.63, 3.8) is 0 Å². The molecule has 0 aromatic rings. The number of carbonyl (C=O) groups is 4. The first-order valence-electron chi connectivity index (χ1n) is 42.4. The van der Waals surface area contributed by atoms with Crippen molar-refractivity contribution in [2.45, 2.75) is 341 Å². The van der Waals surface area contributed by atoms with E-state index in [-0.39, 0.29) is 25.7 Å². The van der Waals surface area contributed by atoms with Crippen molar-refractivity contribution < 1.29 is 80.2 Å². The van der Waals surface area contributed by atoms with E-state index in [1.807, 2.05) is 12.2 Å². The predicted molar refractivity (Wildman–Crippen MR) is 454 cm³/mol. The molecule has 0 saturated heterocycles. The Morgan fingerprint density at radius 1 is 0.264 bits per heavy atom. The first-order valence-corrected chi connectivity index (χ1v) is 45.4. The largest absolute Gasteiger partial charge is 0.472 e. The number of hydrogen-bond donors (Lipinski definition) is 3. The second kappa shape index (κ2) is 81.4. The molecule has 17 nitrogen and oxygen atoms in total. The first kappa shape index (κ1) is 104. The number of phosphoric ester groups is 2. The number of aliphatic hydroxyl groups is 1. The van der Waals surface area contributed by atoms with Crippen molar-refractivity contribution in [1.82, 2.24) is 0 Å². The zero-order valence-electron chi connectivity index (χ0n) is 68.6. The molecule has 0 saturated carbocycles. The average molecular weight is 1580 g/mol. The third-order valence-corrected chi connectivity index (χ3v) is 19.0. The van der Waals surface area contributed by atoms with Crippen LogP contribution < -0.4 is 0 Å². The maximum Gasteiger partial charge on any atom is 0.472 e. The molecule has 626 valence electrons. The van der Waals surface area contributed by atoms with Crippen LogP contribution in [0.5, 0.6) is 0 Å². The van der Waals surface area contributed by atoms with Gasteiger partial charge in [-0.1, -0.05) is 294 Å². The summed E-state index contributed by atoms with van der Waals surface area (Å²) in [6.07, 6.45) is 97.4. The minimum Gasteiger partial charge on any atom is -0.462 e. The number of rotatable bonds is 78. The van der Waals surface area contributed by atoms with Crippen LogP contribution in [0.25, 0.3) is 0 Å². The predicted octanol–water partition coefficient (Wildman–Crippen LogP) is 25.3. The summed E-state index contributed by atoms with van der Waals surface area (Å²) < 4.78 is 68.7. The second-order valence-electron chi connectivity index (χ2n) is 27.6. The molecule has 110 heavy (non-hydrogen) atoms. The van der Waals surface area contributed by atoms with Crippen LogP contribution in [0.1, 0.15) is 323 Å². The first-order chi connectivity index (χ1) is 53.7. The fourth-order valence-corrected chi connectivity index (χ4v) is 12.3. The maximum atomic E-state index is 13.1. The van der Waals surface area contributed by atoms with Crippen LogP contribution in [0.3, 0.4) is 0 Å². The standard InChI is InChI=1S/C91H150O17P2/c1-5-9-13-17-21-25-29-33-37-40-42-45-49-52-56-60-64-68-72-76-89(94)102-82-87(108-91(96)78-74-70-66-62-58-54-50-46-43-41-38-34-30-26-22-18-14-10-6-2)84-106-110(99,100)104-80-85(92)79-103-109(97,98)105-83-86(107-90(95)77-73-69-65-61-57-53-47-36-32-28-24-20-16-12-8-4)81-101-88(93)75-71-67-63-59-55-51-48-44-39-35-31-27-23-19-15-11-7-3/h9,11,13,15,21-28,33-39,42-43,45-48,51,59,63,85-87,92H,5-8,10,12,14,16-20,29-32,40-41,44,49-50,52-58,60-62,64-84H2,1-4H3,(H,97,98)(H,99,100)/b13-9-,15-11-,25-21-,26-22-,27-23-,28-24-,37-33-,38-34-,39-35-,45-42-,46-43-,47-36-,51-48-,63-59-. The molecular weight excluding hydrogens is 1430 g/mol. The number of allylic oxidation sites excluding steroid dienone is 28. The van der Waals surface area contributed by atoms with Gasteiger partial charge in [0, 0.05) is 25.7 Å². The van der Waals surface area contributed by atoms with Gasteiger partial charge >= 0.3 is 39.5 Å². The van der Waals surface area contributed by atoms with Crippen molar-refractivity contribution in [1.29, 1.82) is 0 Å². The summed E-state index contributed by atoms with van der Waals surface area (Å²) in [6, 6.07) is 0. The highest BCUT2D eigenvalue weighted by Gasteiger charge is 2.30. The Hall–Kier alpha value is -5.58. The molecule has 0 rings (SSSR count). The molecule has 0 aliphatic rings. The normalized spacial score (nSPS) is 14.6. The van der Waals surface area contributed by atoms with Gasteiger partial charge in [-0.2, -0.15) is 0 Å². The summed E-state index contributed by atoms with van der Waals surface area (Å²) in [7, 11) is -10.0. The smallest absolute Gasteiger partial charge is 0.462 e. The van der Waals surface area contributed by atoms with Gasteiger partial charge in [-0.3, -0.25) is 37.3 Å². The molecule has 0 aromatic carbocycles. The van der Waals surface area contributed by atoms with Crippen molar-refractivity contribution in [2.24, 2.45) is 0 Å². The fraction of sp³-hybridized carbons (Fsp3) is 0.648. The van der Waals surface area contributed by atoms with E-state index in [2.05, 4.69) is 186 Å². The zero-order chi connectivity index (χ0) is 80.3. The number of phosphoric acid groups is 2. The van der Waals surface area contributed by atoms with E-state index in [4.69, 9.17) is 37.0 Å². The van der Waals surface area contributed by atoms with E-state index in [1.165, 1.54) is 38.5 Å². The van der Waals surface area contributed by atoms with E-state index in [1.54, 1.807) is 0 Å². The summed E-state index contributed by atoms with van der Waals surface area (Å²) in [6.45, 7) is 4.50. The molecule has 0 fully saturated rings. The SMILES string of the molecule is CC/C=C\C/C=C\C/C=C\C/C=C\C/C=C\CCCC(=O)OCC(COP(=O)(O)OCC(O)COP(=O)(O)OCC(COC(=O)CCCCCCCC/C=C\C/C=C\C/C=C\C/C=C\CC)OC(=O)CCCCCCCC/C=C\C/C=C\C/C=C\CCCCC)OC(=O)CCCCCCC/C=C\C/C=C\CCCCC. The van der Waals surface area contributed by atoms with Gasteiger partial charge in [-0.25, -0.2) is 9.13 Å². The van der Waals surface area contributed by atoms with Crippen molar-refractivity contribution in [2.75, 3.05) is 39.6 Å². The topological polar surface area (TPSA) is 237 Å². The Morgan fingerprint density at radius 3 is 0.764 bits per heavy atom. The Morgan fingerprint density at radius 2 is 0.482 bits per heavy atom. The van der Waals surface area contributed by atoms with Gasteiger partial charge in [-0.05, 0) is 173 Å². The highest BCUT2D eigenvalue weighted by molar-refractivity contribution is 7.47. The highest BCUT2D eigenvalue weighted by atomic mass is 31.2. The summed E-state index contributed by atoms with van der Waals surface area (Å²) in [5.41, 5.74) is 0. The van der Waals surface area contributed by atoms with Crippen LogP contribution in [0, 0.1) is 0 Å². The minimum atomic E-state index is -5.01. The number of hydrogen-bond acceptors (Lipinski definition) is 15. The number of ether oxygens (including phenoxy) is 4. The Bertz CT molecular complexity index is 2750. The highest BCUT2D eigenvalue weighted by Crippen LogP contribution is 2.45. The molecule has 0 aliphatic heterocycles. The summed E-state index contributed by atoms with van der Waals surface area (Å²) in [5, 5.41) is 10.7. The molecule has 5 unspecified atom stereocenters. The number of esters is 4. The summed E-state index contributed by atoms with van der Waals surface area (Å²) >= 11 is 0. The van der Waals surface area contributed by atoms with Gasteiger partial charge in [0.05, 0.1) is 26.4 Å². The quantitative estimate of drug-likeness (QED) is 0.0169. The summed E-state index contributed by atoms with van der Waals surface area (Å²) in [5.74, 6) is -2.29. The number of unbranched alkanes of at least 4 members (excludes halogenated alkanes) is 24. The second-order valence-corrected chi connectivity index (χ2v) is 30.6. The number of carbonyl (C=O) groups excluding carboxylic acids is 4. The maximum absolute atomic E-state index is 13.1. The molecule has 0 bridgehead atoms. The molecule has 0 amide bonds. The van der Waals surface area contributed by atoms with E-state index in [9.17, 15) is 43.2 Å². The van der Waals surface area contributed by atoms with Crippen LogP contribution >= 0.6 is 15.6 Å². The fourth-order valence-electron chi connectivity index (χ4n) is 10.8. The van der Waals surface area contributed by atoms with Crippen LogP contribution in [0.2, 0.25) is 0 Å². The summed E-state index contributed by atoms with van der Waals surface area (Å²) in [4.78, 5) is 73.2. The third-order valence-electron chi connectivity index (χ3n) is 17.1. The third kappa shape index (κ3) is 80.5. The molecule has 0 radical (unpaired) electrons. The van der Waals surface area contributed by atoms with E-state index in [0.717, 1.165) is 199 Å². The molecule has 3 N–H and O–H groups in total. The Kier molecular flexibility index (Phi) is 77.3. The van der Waals surface area contributed by atoms with Crippen molar-refractivity contribution in [3.05, 3.63) is 170 Å². The monoisotopic (exact) mass is 1580 g/mol. The van der Waals surface area contributed by atoms with Gasteiger partial charge in [0.2, 0.25) is 0 Å². The average Bonchev–Trinajstić information content (AvgIpc) is 0.911. The molecule has 0 heterocycles. The Labute approximate surface area is 667 Å². The molecule has 5 atom stereocenters. The van der Waals surface area contributed by atoms with Crippen LogP contribution in [0.4, 0.5) is 0 Å². The van der Waals surface area contributed by atoms with Gasteiger partial charge in [0.25, 0.3) is 0 Å². The van der Waals surface area contributed by atoms with Gasteiger partial charge in [-0.15, -0.1) is 0 Å². The molecular formula is C91H150O17P2. The lowest BCUT2D eigenvalue weighted by Crippen LogP contribution is -2.30. The zero-order valence-corrected chi connectivity index (χ0v) is 70.4. The lowest BCUT2D eigenvalue weighted by molar-refractivity contribution is -0.161. The molecule has 19 heteroatoms. The molecule has 0 aromatic heterocycles. The van der Waals surface area contributed by atoms with E-state index in [0.29, 0.717) is 32.1 Å². The Balaban J connectivity index is 5.47. The van der Waals surface area contributed by atoms with Crippen LogP contribution in [0.15, 0.2) is 170 Å².